The highest BCUT2D eigenvalue weighted by Crippen LogP contribution is 2.27. The van der Waals surface area contributed by atoms with E-state index >= 15 is 0 Å². The average Bonchev–Trinajstić information content (AvgIpc) is 1.96. The Kier molecular flexibility index (Phi) is 3.13. The second-order valence-corrected chi connectivity index (χ2v) is 4.28. The Labute approximate surface area is 75.9 Å². The summed E-state index contributed by atoms with van der Waals surface area (Å²) in [6, 6.07) is 0.684. The van der Waals surface area contributed by atoms with Crippen LogP contribution in [-0.2, 0) is 4.74 Å². The van der Waals surface area contributed by atoms with Gasteiger partial charge in [-0.3, -0.25) is 0 Å². The van der Waals surface area contributed by atoms with Gasteiger partial charge in [-0.05, 0) is 40.3 Å². The Morgan fingerprint density at radius 3 is 2.25 bits per heavy atom. The minimum absolute atomic E-state index is 0.404. The first-order valence-electron chi connectivity index (χ1n) is 4.84. The van der Waals surface area contributed by atoms with E-state index in [1.54, 1.807) is 0 Å². The van der Waals surface area contributed by atoms with Gasteiger partial charge in [0.05, 0.1) is 12.2 Å². The van der Waals surface area contributed by atoms with Crippen molar-refractivity contribution < 1.29 is 4.74 Å². The highest BCUT2D eigenvalue weighted by Gasteiger charge is 2.32. The van der Waals surface area contributed by atoms with Gasteiger partial charge >= 0.3 is 0 Å². The van der Waals surface area contributed by atoms with E-state index < -0.39 is 0 Å². The van der Waals surface area contributed by atoms with Crippen LogP contribution in [0.4, 0.5) is 0 Å². The Morgan fingerprint density at radius 2 is 1.75 bits per heavy atom. The van der Waals surface area contributed by atoms with E-state index in [9.17, 15) is 0 Å². The lowest BCUT2D eigenvalue weighted by molar-refractivity contribution is -0.0921. The molecule has 2 nitrogen and oxygen atoms in total. The first-order valence-corrected chi connectivity index (χ1v) is 4.84. The smallest absolute Gasteiger partial charge is 0.0591 e. The maximum absolute atomic E-state index is 5.75. The molecule has 1 rings (SSSR count). The van der Waals surface area contributed by atoms with Crippen LogP contribution < -0.4 is 0 Å². The summed E-state index contributed by atoms with van der Waals surface area (Å²) in [4.78, 5) is 2.32. The Morgan fingerprint density at radius 1 is 1.17 bits per heavy atom. The van der Waals surface area contributed by atoms with Crippen LogP contribution in [0, 0.1) is 5.92 Å². The molecule has 72 valence electrons. The van der Waals surface area contributed by atoms with Crippen LogP contribution >= 0.6 is 0 Å². The van der Waals surface area contributed by atoms with Crippen LogP contribution in [0.2, 0.25) is 0 Å². The van der Waals surface area contributed by atoms with E-state index in [2.05, 4.69) is 39.8 Å². The van der Waals surface area contributed by atoms with Crippen LogP contribution in [0.25, 0.3) is 0 Å². The van der Waals surface area contributed by atoms with Gasteiger partial charge in [-0.15, -0.1) is 0 Å². The zero-order valence-corrected chi connectivity index (χ0v) is 8.87. The predicted molar refractivity (Wildman–Crippen MR) is 51.3 cm³/mol. The van der Waals surface area contributed by atoms with E-state index in [1.807, 2.05) is 0 Å². The molecule has 1 aliphatic rings. The molecule has 2 heteroatoms. The number of ether oxygens (including phenoxy) is 1. The van der Waals surface area contributed by atoms with Crippen molar-refractivity contribution in [3.8, 4) is 0 Å². The molecule has 1 fully saturated rings. The van der Waals surface area contributed by atoms with Gasteiger partial charge in [0, 0.05) is 6.04 Å². The molecule has 0 saturated carbocycles. The van der Waals surface area contributed by atoms with E-state index in [0.29, 0.717) is 24.2 Å². The van der Waals surface area contributed by atoms with Gasteiger partial charge in [-0.25, -0.2) is 0 Å². The largest absolute Gasteiger partial charge is 0.375 e. The molecule has 1 saturated heterocycles. The van der Waals surface area contributed by atoms with Crippen molar-refractivity contribution in [3.05, 3.63) is 0 Å². The predicted octanol–water partition coefficient (Wildman–Crippen LogP) is 1.75. The third-order valence-electron chi connectivity index (χ3n) is 3.03. The summed E-state index contributed by atoms with van der Waals surface area (Å²) in [7, 11) is 4.32. The van der Waals surface area contributed by atoms with Crippen molar-refractivity contribution in [2.75, 3.05) is 14.1 Å². The number of hydrogen-bond acceptors (Lipinski definition) is 2. The summed E-state index contributed by atoms with van der Waals surface area (Å²) in [5.74, 6) is 0.649. The van der Waals surface area contributed by atoms with Crippen LogP contribution in [-0.4, -0.2) is 37.2 Å². The third-order valence-corrected chi connectivity index (χ3v) is 3.03. The number of nitrogens with zero attached hydrogens (tertiary/aromatic N) is 1. The molecule has 1 aliphatic heterocycles. The Bertz CT molecular complexity index is 147. The maximum atomic E-state index is 5.75. The first kappa shape index (κ1) is 10.0. The Balaban J connectivity index is 2.60. The summed E-state index contributed by atoms with van der Waals surface area (Å²) in [5, 5.41) is 0. The van der Waals surface area contributed by atoms with Gasteiger partial charge in [-0.1, -0.05) is 6.92 Å². The molecule has 0 aromatic rings. The SMILES string of the molecule is CC1C(N(C)C)C[C@@H](C)O[C@@H]1C. The summed E-state index contributed by atoms with van der Waals surface area (Å²) in [6.45, 7) is 6.62. The van der Waals surface area contributed by atoms with E-state index in [4.69, 9.17) is 4.74 Å². The molecule has 0 amide bonds. The van der Waals surface area contributed by atoms with Gasteiger partial charge in [0.15, 0.2) is 0 Å². The van der Waals surface area contributed by atoms with Crippen LogP contribution in [0.5, 0.6) is 0 Å². The summed E-state index contributed by atoms with van der Waals surface area (Å²) < 4.78 is 5.75. The molecule has 1 heterocycles. The lowest BCUT2D eigenvalue weighted by atomic mass is 9.88. The fourth-order valence-electron chi connectivity index (χ4n) is 2.09. The van der Waals surface area contributed by atoms with E-state index in [0.717, 1.165) is 0 Å². The lowest BCUT2D eigenvalue weighted by Crippen LogP contribution is -2.47. The monoisotopic (exact) mass is 171 g/mol. The Hall–Kier alpha value is -0.0800. The fourth-order valence-corrected chi connectivity index (χ4v) is 2.09. The molecule has 0 radical (unpaired) electrons. The van der Waals surface area contributed by atoms with Crippen LogP contribution in [0.15, 0.2) is 0 Å². The molecule has 0 aliphatic carbocycles. The van der Waals surface area contributed by atoms with Crippen LogP contribution in [0.3, 0.4) is 0 Å². The molecule has 0 spiro atoms. The van der Waals surface area contributed by atoms with Crippen molar-refractivity contribution in [1.82, 2.24) is 4.90 Å². The molecular formula is C10H21NO. The van der Waals surface area contributed by atoms with Crippen molar-refractivity contribution in [1.29, 1.82) is 0 Å². The van der Waals surface area contributed by atoms with Crippen molar-refractivity contribution in [2.45, 2.75) is 45.4 Å². The third kappa shape index (κ3) is 1.99. The molecule has 2 unspecified atom stereocenters. The van der Waals surface area contributed by atoms with E-state index in [1.165, 1.54) is 6.42 Å². The second-order valence-electron chi connectivity index (χ2n) is 4.28. The molecule has 0 aromatic carbocycles. The first-order chi connectivity index (χ1) is 5.52. The molecule has 12 heavy (non-hydrogen) atoms. The van der Waals surface area contributed by atoms with Crippen LogP contribution in [0.1, 0.15) is 27.2 Å². The lowest BCUT2D eigenvalue weighted by Gasteiger charge is -2.41. The summed E-state index contributed by atoms with van der Waals surface area (Å²) in [6.07, 6.45) is 1.99. The van der Waals surface area contributed by atoms with Gasteiger partial charge in [0.2, 0.25) is 0 Å². The zero-order chi connectivity index (χ0) is 9.30. The van der Waals surface area contributed by atoms with Gasteiger partial charge in [-0.2, -0.15) is 0 Å². The minimum atomic E-state index is 0.404. The average molecular weight is 171 g/mol. The molecule has 0 bridgehead atoms. The second kappa shape index (κ2) is 3.75. The van der Waals surface area contributed by atoms with Crippen molar-refractivity contribution in [3.63, 3.8) is 0 Å². The quantitative estimate of drug-likeness (QED) is 0.596. The normalized spacial score (nSPS) is 43.5. The van der Waals surface area contributed by atoms with Gasteiger partial charge in [0.25, 0.3) is 0 Å². The maximum Gasteiger partial charge on any atom is 0.0591 e. The van der Waals surface area contributed by atoms with Crippen molar-refractivity contribution >= 4 is 0 Å². The zero-order valence-electron chi connectivity index (χ0n) is 8.87. The standard InChI is InChI=1S/C10H21NO/c1-7-6-10(11(4)5)8(2)9(3)12-7/h7-10H,6H2,1-5H3/t7-,8?,9-,10?/m1/s1. The molecule has 4 atom stereocenters. The number of hydrogen-bond donors (Lipinski definition) is 0. The number of rotatable bonds is 1. The highest BCUT2D eigenvalue weighted by molar-refractivity contribution is 4.84. The van der Waals surface area contributed by atoms with Gasteiger partial charge < -0.3 is 9.64 Å². The molecule has 0 N–H and O–H groups in total. The van der Waals surface area contributed by atoms with E-state index in [-0.39, 0.29) is 0 Å². The highest BCUT2D eigenvalue weighted by atomic mass is 16.5. The fraction of sp³-hybridized carbons (Fsp3) is 1.00. The summed E-state index contributed by atoms with van der Waals surface area (Å²) >= 11 is 0. The molecule has 0 aromatic heterocycles. The topological polar surface area (TPSA) is 12.5 Å². The van der Waals surface area contributed by atoms with Crippen molar-refractivity contribution in [2.24, 2.45) is 5.92 Å². The summed E-state index contributed by atoms with van der Waals surface area (Å²) in [5.41, 5.74) is 0. The minimum Gasteiger partial charge on any atom is -0.375 e. The van der Waals surface area contributed by atoms with Gasteiger partial charge in [0.1, 0.15) is 0 Å². The molecular weight excluding hydrogens is 150 g/mol.